The van der Waals surface area contributed by atoms with Gasteiger partial charge in [-0.2, -0.15) is 43.2 Å². The molecule has 7 nitrogen and oxygen atoms in total. The summed E-state index contributed by atoms with van der Waals surface area (Å²) in [6.45, 7) is -1.48. The first-order chi connectivity index (χ1) is 21.4. The third-order valence-corrected chi connectivity index (χ3v) is 7.47. The van der Waals surface area contributed by atoms with Gasteiger partial charge in [0, 0.05) is 5.69 Å². The summed E-state index contributed by atoms with van der Waals surface area (Å²) >= 11 is 1.24. The Balaban J connectivity index is 1.67. The lowest BCUT2D eigenvalue weighted by molar-refractivity contribution is -0.153. The molecule has 236 valence electrons. The zero-order chi connectivity index (χ0) is 32.4. The van der Waals surface area contributed by atoms with E-state index < -0.39 is 36.3 Å². The number of para-hydroxylation sites is 1. The van der Waals surface area contributed by atoms with Crippen LogP contribution in [0.5, 0.6) is 5.75 Å². The van der Waals surface area contributed by atoms with Crippen LogP contribution >= 0.6 is 11.8 Å². The number of hydrogen-bond donors (Lipinski definition) is 1. The van der Waals surface area contributed by atoms with Crippen LogP contribution in [0.1, 0.15) is 33.6 Å². The highest BCUT2D eigenvalue weighted by molar-refractivity contribution is 7.99. The zero-order valence-electron chi connectivity index (χ0n) is 23.7. The molecule has 1 aliphatic heterocycles. The average molecular weight is 649 g/mol. The van der Waals surface area contributed by atoms with E-state index in [-0.39, 0.29) is 35.0 Å². The third kappa shape index (κ3) is 7.27. The number of hydrogen-bond acceptors (Lipinski definition) is 5. The van der Waals surface area contributed by atoms with E-state index in [1.165, 1.54) is 51.7 Å². The Kier molecular flexibility index (Phi) is 9.14. The van der Waals surface area contributed by atoms with Crippen molar-refractivity contribution in [2.24, 2.45) is 0 Å². The Labute approximate surface area is 258 Å². The molecule has 0 radical (unpaired) electrons. The first kappa shape index (κ1) is 31.9. The number of rotatable bonds is 7. The normalized spacial score (nSPS) is 13.8. The van der Waals surface area contributed by atoms with Gasteiger partial charge in [-0.3, -0.25) is 14.5 Å². The van der Waals surface area contributed by atoms with Gasteiger partial charge < -0.3 is 10.1 Å². The molecule has 0 unspecified atom stereocenters. The second kappa shape index (κ2) is 12.9. The number of anilines is 3. The molecule has 4 aromatic rings. The maximum absolute atomic E-state index is 14.6. The predicted molar refractivity (Wildman–Crippen MR) is 159 cm³/mol. The van der Waals surface area contributed by atoms with Crippen molar-refractivity contribution in [1.29, 1.82) is 0 Å². The molecule has 0 aliphatic carbocycles. The first-order valence-corrected chi connectivity index (χ1v) is 15.1. The van der Waals surface area contributed by atoms with Gasteiger partial charge in [0.15, 0.2) is 6.61 Å². The fourth-order valence-electron chi connectivity index (χ4n) is 4.99. The third-order valence-electron chi connectivity index (χ3n) is 6.92. The summed E-state index contributed by atoms with van der Waals surface area (Å²) in [5.41, 5.74) is 1.03. The summed E-state index contributed by atoms with van der Waals surface area (Å²) in [6.07, 6.45) is -6.44. The summed E-state index contributed by atoms with van der Waals surface area (Å²) in [6, 6.07) is 17.0. The monoisotopic (exact) mass is 648 g/mol. The minimum atomic E-state index is -4.57. The number of ether oxygens (including phenoxy) is 1. The Bertz CT molecular complexity index is 1690. The molecular formula is C31H26F6N4O3S. The second-order valence-electron chi connectivity index (χ2n) is 10.1. The number of nitrogens with one attached hydrogen (secondary N) is 1. The minimum Gasteiger partial charge on any atom is -0.484 e. The molecule has 0 bridgehead atoms. The maximum Gasteiger partial charge on any atom is 0.422 e. The van der Waals surface area contributed by atoms with Crippen LogP contribution in [-0.2, 0) is 23.8 Å². The van der Waals surface area contributed by atoms with Gasteiger partial charge in [0.1, 0.15) is 17.1 Å². The van der Waals surface area contributed by atoms with Crippen LogP contribution in [0.15, 0.2) is 72.8 Å². The molecule has 0 atom stereocenters. The van der Waals surface area contributed by atoms with Crippen molar-refractivity contribution in [3.05, 3.63) is 95.2 Å². The number of thioether (sulfide) groups is 1. The fraction of sp³-hybridized carbons (Fsp3) is 0.258. The van der Waals surface area contributed by atoms with Crippen LogP contribution in [-0.4, -0.2) is 46.4 Å². The molecule has 1 aromatic heterocycles. The van der Waals surface area contributed by atoms with Gasteiger partial charge in [-0.05, 0) is 85.7 Å². The predicted octanol–water partition coefficient (Wildman–Crippen LogP) is 7.60. The Morgan fingerprint density at radius 2 is 1.67 bits per heavy atom. The molecule has 1 aliphatic rings. The summed E-state index contributed by atoms with van der Waals surface area (Å²) in [5, 5.41) is 7.34. The number of amides is 2. The van der Waals surface area contributed by atoms with Crippen LogP contribution in [0.2, 0.25) is 0 Å². The standard InChI is InChI=1S/C31H26F6N4O3S/c1-45-17-26(42)38-28-27-24(39-41(28)22-12-10-20(11-13-22)31(35,36)37)9-5-6-19-16-23(44-18-30(32,33)34)14-15-25(19)40(29(27)43)21-7-3-2-4-8-21/h2-4,7-8,10-16H,5-6,9,17-18H2,1H3,(H,38,42). The molecule has 45 heavy (non-hydrogen) atoms. The topological polar surface area (TPSA) is 76.5 Å². The van der Waals surface area contributed by atoms with E-state index in [0.717, 1.165) is 12.1 Å². The lowest BCUT2D eigenvalue weighted by Gasteiger charge is -2.26. The van der Waals surface area contributed by atoms with E-state index in [0.29, 0.717) is 35.5 Å². The van der Waals surface area contributed by atoms with E-state index in [2.05, 4.69) is 10.4 Å². The van der Waals surface area contributed by atoms with Crippen LogP contribution in [0.4, 0.5) is 43.5 Å². The molecular weight excluding hydrogens is 622 g/mol. The first-order valence-electron chi connectivity index (χ1n) is 13.7. The van der Waals surface area contributed by atoms with E-state index in [1.54, 1.807) is 36.6 Å². The molecule has 0 saturated heterocycles. The lowest BCUT2D eigenvalue weighted by atomic mass is 10.0. The minimum absolute atomic E-state index is 0.0108. The fourth-order valence-corrected chi connectivity index (χ4v) is 5.33. The van der Waals surface area contributed by atoms with Gasteiger partial charge in [0.2, 0.25) is 5.91 Å². The molecule has 0 spiro atoms. The molecule has 14 heteroatoms. The molecule has 0 saturated carbocycles. The number of nitrogens with zero attached hydrogens (tertiary/aromatic N) is 3. The number of halogens is 6. The average Bonchev–Trinajstić information content (AvgIpc) is 3.36. The van der Waals surface area contributed by atoms with Crippen molar-refractivity contribution in [2.75, 3.05) is 28.8 Å². The summed E-state index contributed by atoms with van der Waals surface area (Å²) in [5.74, 6) is -1.04. The SMILES string of the molecule is CSCC(=O)Nc1c2c(nn1-c1ccc(C(F)(F)F)cc1)CCCc1cc(OCC(F)(F)F)ccc1N(c1ccccc1)C2=O. The summed E-state index contributed by atoms with van der Waals surface area (Å²) in [4.78, 5) is 28.9. The summed E-state index contributed by atoms with van der Waals surface area (Å²) in [7, 11) is 0. The van der Waals surface area contributed by atoms with Crippen LogP contribution < -0.4 is 15.0 Å². The van der Waals surface area contributed by atoms with E-state index >= 15 is 0 Å². The number of aromatic nitrogens is 2. The highest BCUT2D eigenvalue weighted by Crippen LogP contribution is 2.38. The molecule has 5 rings (SSSR count). The second-order valence-corrected chi connectivity index (χ2v) is 11.0. The number of alkyl halides is 6. The van der Waals surface area contributed by atoms with Gasteiger partial charge in [-0.25, -0.2) is 4.68 Å². The van der Waals surface area contributed by atoms with Crippen molar-refractivity contribution in [1.82, 2.24) is 9.78 Å². The van der Waals surface area contributed by atoms with Gasteiger partial charge in [-0.1, -0.05) is 18.2 Å². The highest BCUT2D eigenvalue weighted by atomic mass is 32.2. The number of benzene rings is 3. The van der Waals surface area contributed by atoms with E-state index in [1.807, 2.05) is 0 Å². The molecule has 3 aromatic carbocycles. The molecule has 2 heterocycles. The van der Waals surface area contributed by atoms with Gasteiger partial charge in [0.05, 0.1) is 28.4 Å². The van der Waals surface area contributed by atoms with Crippen LogP contribution in [0.25, 0.3) is 5.69 Å². The van der Waals surface area contributed by atoms with Crippen molar-refractivity contribution >= 4 is 40.8 Å². The van der Waals surface area contributed by atoms with Gasteiger partial charge in [0.25, 0.3) is 5.91 Å². The van der Waals surface area contributed by atoms with Crippen molar-refractivity contribution in [3.63, 3.8) is 0 Å². The number of carbonyl (C=O) groups excluding carboxylic acids is 2. The number of fused-ring (bicyclic) bond motifs is 2. The van der Waals surface area contributed by atoms with Crippen molar-refractivity contribution in [3.8, 4) is 11.4 Å². The van der Waals surface area contributed by atoms with Crippen LogP contribution in [0.3, 0.4) is 0 Å². The van der Waals surface area contributed by atoms with Gasteiger partial charge >= 0.3 is 12.4 Å². The van der Waals surface area contributed by atoms with Crippen LogP contribution in [0, 0.1) is 0 Å². The molecule has 1 N–H and O–H groups in total. The highest BCUT2D eigenvalue weighted by Gasteiger charge is 2.34. The smallest absolute Gasteiger partial charge is 0.422 e. The lowest BCUT2D eigenvalue weighted by Crippen LogP contribution is -2.29. The Morgan fingerprint density at radius 3 is 2.31 bits per heavy atom. The number of aryl methyl sites for hydroxylation is 2. The maximum atomic E-state index is 14.6. The molecule has 0 fully saturated rings. The van der Waals surface area contributed by atoms with Gasteiger partial charge in [-0.15, -0.1) is 0 Å². The van der Waals surface area contributed by atoms with Crippen molar-refractivity contribution < 1.29 is 40.7 Å². The van der Waals surface area contributed by atoms with Crippen molar-refractivity contribution in [2.45, 2.75) is 31.6 Å². The Morgan fingerprint density at radius 1 is 0.956 bits per heavy atom. The summed E-state index contributed by atoms with van der Waals surface area (Å²) < 4.78 is 84.6. The quantitative estimate of drug-likeness (QED) is 0.209. The van der Waals surface area contributed by atoms with E-state index in [9.17, 15) is 35.9 Å². The largest absolute Gasteiger partial charge is 0.484 e. The Hall–Kier alpha value is -4.46. The number of carbonyl (C=O) groups is 2. The zero-order valence-corrected chi connectivity index (χ0v) is 24.5. The molecule has 2 amide bonds. The van der Waals surface area contributed by atoms with E-state index in [4.69, 9.17) is 4.74 Å².